The van der Waals surface area contributed by atoms with Gasteiger partial charge >= 0.3 is 6.03 Å². The molecule has 1 N–H and O–H groups in total. The molecule has 2 saturated heterocycles. The second-order valence-corrected chi connectivity index (χ2v) is 9.92. The Morgan fingerprint density at radius 1 is 1.17 bits per heavy atom. The fraction of sp³-hybridized carbons (Fsp3) is 0.609. The van der Waals surface area contributed by atoms with Gasteiger partial charge in [0.15, 0.2) is 0 Å². The highest BCUT2D eigenvalue weighted by molar-refractivity contribution is 7.17. The molecule has 0 atom stereocenters. The summed E-state index contributed by atoms with van der Waals surface area (Å²) in [5.41, 5.74) is 1.39. The number of methoxy groups -OCH3 is 1. The van der Waals surface area contributed by atoms with Crippen molar-refractivity contribution in [1.29, 1.82) is 0 Å². The van der Waals surface area contributed by atoms with E-state index in [2.05, 4.69) is 44.8 Å². The van der Waals surface area contributed by atoms with E-state index in [4.69, 9.17) is 4.74 Å². The van der Waals surface area contributed by atoms with Crippen molar-refractivity contribution >= 4 is 33.1 Å². The molecule has 3 aliphatic rings. The van der Waals surface area contributed by atoms with E-state index in [0.29, 0.717) is 6.04 Å². The molecule has 6 nitrogen and oxygen atoms in total. The minimum absolute atomic E-state index is 0.0866. The Bertz CT molecular complexity index is 867. The summed E-state index contributed by atoms with van der Waals surface area (Å²) in [6.07, 6.45) is 3.74. The molecule has 7 heteroatoms. The third kappa shape index (κ3) is 4.15. The molecule has 5 rings (SSSR count). The third-order valence-electron chi connectivity index (χ3n) is 7.07. The molecule has 0 unspecified atom stereocenters. The van der Waals surface area contributed by atoms with Crippen LogP contribution >= 0.6 is 11.3 Å². The Morgan fingerprint density at radius 2 is 1.97 bits per heavy atom. The van der Waals surface area contributed by atoms with Crippen molar-refractivity contribution in [2.24, 2.45) is 5.92 Å². The first-order valence-electron chi connectivity index (χ1n) is 11.2. The maximum absolute atomic E-state index is 12.2. The summed E-state index contributed by atoms with van der Waals surface area (Å²) in [4.78, 5) is 19.2. The van der Waals surface area contributed by atoms with Crippen LogP contribution in [0.3, 0.4) is 0 Å². The van der Waals surface area contributed by atoms with Crippen molar-refractivity contribution in [2.45, 2.75) is 31.4 Å². The number of fused-ring (bicyclic) bond motifs is 1. The first-order valence-corrected chi connectivity index (χ1v) is 12.1. The zero-order valence-electron chi connectivity index (χ0n) is 17.8. The lowest BCUT2D eigenvalue weighted by Crippen LogP contribution is -2.60. The Labute approximate surface area is 182 Å². The number of hydrogen-bond donors (Lipinski definition) is 1. The van der Waals surface area contributed by atoms with Gasteiger partial charge in [0.2, 0.25) is 0 Å². The summed E-state index contributed by atoms with van der Waals surface area (Å²) in [6, 6.07) is 9.38. The molecule has 1 saturated carbocycles. The minimum atomic E-state index is 0.0866. The van der Waals surface area contributed by atoms with Gasteiger partial charge in [-0.1, -0.05) is 6.07 Å². The van der Waals surface area contributed by atoms with E-state index in [1.54, 1.807) is 7.11 Å². The molecule has 1 aliphatic carbocycles. The van der Waals surface area contributed by atoms with Crippen LogP contribution in [0, 0.1) is 5.92 Å². The van der Waals surface area contributed by atoms with Crippen LogP contribution in [0.5, 0.6) is 0 Å². The number of anilines is 1. The number of thiophene rings is 1. The number of piperazine rings is 1. The Kier molecular flexibility index (Phi) is 5.85. The van der Waals surface area contributed by atoms with Crippen LogP contribution in [0.15, 0.2) is 29.6 Å². The van der Waals surface area contributed by atoms with Gasteiger partial charge in [0.1, 0.15) is 0 Å². The predicted molar refractivity (Wildman–Crippen MR) is 123 cm³/mol. The Morgan fingerprint density at radius 3 is 2.73 bits per heavy atom. The molecule has 162 valence electrons. The molecule has 0 bridgehead atoms. The molecule has 30 heavy (non-hydrogen) atoms. The number of hydrogen-bond acceptors (Lipinski definition) is 5. The summed E-state index contributed by atoms with van der Waals surface area (Å²) >= 11 is 1.83. The van der Waals surface area contributed by atoms with Gasteiger partial charge in [-0.3, -0.25) is 4.90 Å². The SMILES string of the molecule is COC1CN(C(=O)NC2CC(CCN3CCN(c4cccc5sccc45)CC3)C2)C1. The topological polar surface area (TPSA) is 48.1 Å². The van der Waals surface area contributed by atoms with E-state index in [1.165, 1.54) is 28.7 Å². The predicted octanol–water partition coefficient (Wildman–Crippen LogP) is 3.23. The molecule has 0 radical (unpaired) electrons. The average molecular weight is 429 g/mol. The summed E-state index contributed by atoms with van der Waals surface area (Å²) in [5.74, 6) is 0.760. The largest absolute Gasteiger partial charge is 0.378 e. The van der Waals surface area contributed by atoms with Crippen LogP contribution in [0.25, 0.3) is 10.1 Å². The van der Waals surface area contributed by atoms with Crippen molar-refractivity contribution < 1.29 is 9.53 Å². The maximum atomic E-state index is 12.2. The van der Waals surface area contributed by atoms with Gasteiger partial charge < -0.3 is 19.9 Å². The van der Waals surface area contributed by atoms with Gasteiger partial charge in [-0.05, 0) is 55.3 Å². The minimum Gasteiger partial charge on any atom is -0.378 e. The fourth-order valence-corrected chi connectivity index (χ4v) is 5.75. The molecule has 3 heterocycles. The number of nitrogens with one attached hydrogen (secondary N) is 1. The quantitative estimate of drug-likeness (QED) is 0.768. The molecule has 2 amide bonds. The lowest BCUT2D eigenvalue weighted by atomic mass is 9.78. The van der Waals surface area contributed by atoms with Crippen LogP contribution in [0.1, 0.15) is 19.3 Å². The van der Waals surface area contributed by atoms with E-state index in [0.717, 1.165) is 58.0 Å². The first-order chi connectivity index (χ1) is 14.7. The zero-order chi connectivity index (χ0) is 20.5. The van der Waals surface area contributed by atoms with Gasteiger partial charge in [0.05, 0.1) is 19.2 Å². The van der Waals surface area contributed by atoms with Gasteiger partial charge in [0, 0.05) is 55.1 Å². The smallest absolute Gasteiger partial charge is 0.317 e. The van der Waals surface area contributed by atoms with Crippen molar-refractivity contribution in [1.82, 2.24) is 15.1 Å². The van der Waals surface area contributed by atoms with Crippen molar-refractivity contribution in [3.63, 3.8) is 0 Å². The van der Waals surface area contributed by atoms with Crippen molar-refractivity contribution in [3.05, 3.63) is 29.6 Å². The number of benzene rings is 1. The number of ether oxygens (including phenoxy) is 1. The second-order valence-electron chi connectivity index (χ2n) is 8.97. The molecule has 0 spiro atoms. The van der Waals surface area contributed by atoms with Crippen LogP contribution in [0.2, 0.25) is 0 Å². The van der Waals surface area contributed by atoms with Gasteiger partial charge in [-0.2, -0.15) is 0 Å². The Balaban J connectivity index is 0.999. The lowest BCUT2D eigenvalue weighted by molar-refractivity contribution is -0.00934. The van der Waals surface area contributed by atoms with E-state index in [9.17, 15) is 4.79 Å². The molecule has 2 aromatic rings. The summed E-state index contributed by atoms with van der Waals surface area (Å²) in [6.45, 7) is 7.14. The third-order valence-corrected chi connectivity index (χ3v) is 7.95. The number of carbonyl (C=O) groups excluding carboxylic acids is 1. The monoisotopic (exact) mass is 428 g/mol. The van der Waals surface area contributed by atoms with Gasteiger partial charge in [0.25, 0.3) is 0 Å². The Hall–Kier alpha value is -1.83. The summed E-state index contributed by atoms with van der Waals surface area (Å²) in [5, 5.41) is 6.77. The normalized spacial score (nSPS) is 25.2. The van der Waals surface area contributed by atoms with Crippen LogP contribution < -0.4 is 10.2 Å². The standard InChI is InChI=1S/C23H32N4O2S/c1-29-19-15-27(16-19)23(28)24-18-13-17(14-18)5-7-25-8-10-26(11-9-25)21-3-2-4-22-20(21)6-12-30-22/h2-4,6,12,17-19H,5,7-11,13-16H2,1H3,(H,24,28). The zero-order valence-corrected chi connectivity index (χ0v) is 18.6. The van der Waals surface area contributed by atoms with E-state index >= 15 is 0 Å². The highest BCUT2D eigenvalue weighted by Gasteiger charge is 2.35. The van der Waals surface area contributed by atoms with Crippen LogP contribution in [0.4, 0.5) is 10.5 Å². The maximum Gasteiger partial charge on any atom is 0.317 e. The molecule has 1 aromatic heterocycles. The van der Waals surface area contributed by atoms with E-state index in [1.807, 2.05) is 16.2 Å². The lowest BCUT2D eigenvalue weighted by Gasteiger charge is -2.42. The number of likely N-dealkylation sites (tertiary alicyclic amines) is 1. The van der Waals surface area contributed by atoms with Gasteiger partial charge in [-0.25, -0.2) is 4.79 Å². The van der Waals surface area contributed by atoms with Gasteiger partial charge in [-0.15, -0.1) is 11.3 Å². The highest BCUT2D eigenvalue weighted by Crippen LogP contribution is 2.32. The number of carbonyl (C=O) groups is 1. The number of rotatable bonds is 6. The van der Waals surface area contributed by atoms with E-state index in [-0.39, 0.29) is 12.1 Å². The fourth-order valence-electron chi connectivity index (χ4n) is 4.94. The van der Waals surface area contributed by atoms with E-state index < -0.39 is 0 Å². The molecule has 1 aromatic carbocycles. The first kappa shape index (κ1) is 20.1. The highest BCUT2D eigenvalue weighted by atomic mass is 32.1. The molecule has 2 aliphatic heterocycles. The van der Waals surface area contributed by atoms with Crippen LogP contribution in [-0.4, -0.2) is 80.9 Å². The number of nitrogens with zero attached hydrogens (tertiary/aromatic N) is 3. The second kappa shape index (κ2) is 8.73. The summed E-state index contributed by atoms with van der Waals surface area (Å²) in [7, 11) is 1.71. The van der Waals surface area contributed by atoms with Crippen LogP contribution in [-0.2, 0) is 4.74 Å². The molecule has 3 fully saturated rings. The molecular weight excluding hydrogens is 396 g/mol. The van der Waals surface area contributed by atoms with Crippen molar-refractivity contribution in [2.75, 3.05) is 57.8 Å². The molecular formula is C23H32N4O2S. The number of amides is 2. The average Bonchev–Trinajstić information content (AvgIpc) is 3.18. The van der Waals surface area contributed by atoms with Crippen molar-refractivity contribution in [3.8, 4) is 0 Å². The number of urea groups is 1. The summed E-state index contributed by atoms with van der Waals surface area (Å²) < 4.78 is 6.62.